The van der Waals surface area contributed by atoms with Crippen LogP contribution < -0.4 is 5.73 Å². The van der Waals surface area contributed by atoms with E-state index in [1.165, 1.54) is 0 Å². The van der Waals surface area contributed by atoms with E-state index >= 15 is 0 Å². The quantitative estimate of drug-likeness (QED) is 0.597. The first-order valence-corrected chi connectivity index (χ1v) is 5.68. The average molecular weight is 263 g/mol. The highest BCUT2D eigenvalue weighted by molar-refractivity contribution is 7.88. The molecule has 2 N–H and O–H groups in total. The molecule has 0 saturated carbocycles. The summed E-state index contributed by atoms with van der Waals surface area (Å²) in [6, 6.07) is -1.39. The molecule has 0 unspecified atom stereocenters. The van der Waals surface area contributed by atoms with Gasteiger partial charge >= 0.3 is 21.6 Å². The lowest BCUT2D eigenvalue weighted by atomic mass is 10.1. The van der Waals surface area contributed by atoms with Gasteiger partial charge in [-0.05, 0) is 12.3 Å². The van der Waals surface area contributed by atoms with Gasteiger partial charge in [-0.25, -0.2) is 4.79 Å². The van der Waals surface area contributed by atoms with E-state index in [4.69, 9.17) is 5.73 Å². The first-order chi connectivity index (χ1) is 6.97. The minimum absolute atomic E-state index is 0.0339. The molecule has 9 heteroatoms. The number of carbonyl (C=O) groups is 1. The van der Waals surface area contributed by atoms with Gasteiger partial charge in [0.25, 0.3) is 0 Å². The SMILES string of the molecule is CC(C)C[C@H](N)C(=O)OS(=O)(=O)C(F)(F)F. The van der Waals surface area contributed by atoms with Crippen LogP contribution in [0.1, 0.15) is 20.3 Å². The van der Waals surface area contributed by atoms with Gasteiger partial charge in [-0.1, -0.05) is 13.8 Å². The maximum absolute atomic E-state index is 11.8. The van der Waals surface area contributed by atoms with Gasteiger partial charge in [0, 0.05) is 0 Å². The van der Waals surface area contributed by atoms with Crippen LogP contribution >= 0.6 is 0 Å². The smallest absolute Gasteiger partial charge is 0.338 e. The van der Waals surface area contributed by atoms with Crippen molar-refractivity contribution in [2.45, 2.75) is 31.8 Å². The van der Waals surface area contributed by atoms with Gasteiger partial charge in [-0.2, -0.15) is 21.6 Å². The number of nitrogens with two attached hydrogens (primary N) is 1. The maximum atomic E-state index is 11.8. The molecular weight excluding hydrogens is 251 g/mol. The fourth-order valence-corrected chi connectivity index (χ4v) is 1.26. The molecule has 0 aromatic carbocycles. The topological polar surface area (TPSA) is 86.5 Å². The van der Waals surface area contributed by atoms with Crippen molar-refractivity contribution < 1.29 is 30.6 Å². The largest absolute Gasteiger partial charge is 0.534 e. The Morgan fingerprint density at radius 2 is 1.81 bits per heavy atom. The normalized spacial score (nSPS) is 14.9. The Balaban J connectivity index is 4.59. The van der Waals surface area contributed by atoms with Gasteiger partial charge in [0.15, 0.2) is 0 Å². The summed E-state index contributed by atoms with van der Waals surface area (Å²) >= 11 is 0. The van der Waals surface area contributed by atoms with Crippen LogP contribution in [0, 0.1) is 5.92 Å². The van der Waals surface area contributed by atoms with Crippen LogP contribution in [0.2, 0.25) is 0 Å². The molecule has 16 heavy (non-hydrogen) atoms. The zero-order valence-corrected chi connectivity index (χ0v) is 9.43. The lowest BCUT2D eigenvalue weighted by Gasteiger charge is -2.13. The summed E-state index contributed by atoms with van der Waals surface area (Å²) in [4.78, 5) is 10.9. The van der Waals surface area contributed by atoms with E-state index in [-0.39, 0.29) is 12.3 Å². The summed E-state index contributed by atoms with van der Waals surface area (Å²) in [5.41, 5.74) is -0.463. The third kappa shape index (κ3) is 4.35. The van der Waals surface area contributed by atoms with Crippen molar-refractivity contribution in [3.63, 3.8) is 0 Å². The van der Waals surface area contributed by atoms with Crippen molar-refractivity contribution in [2.75, 3.05) is 0 Å². The van der Waals surface area contributed by atoms with Crippen molar-refractivity contribution in [2.24, 2.45) is 11.7 Å². The molecule has 0 amide bonds. The number of hydrogen-bond donors (Lipinski definition) is 1. The molecule has 0 saturated heterocycles. The van der Waals surface area contributed by atoms with E-state index in [1.807, 2.05) is 0 Å². The van der Waals surface area contributed by atoms with Crippen LogP contribution in [-0.4, -0.2) is 25.9 Å². The number of rotatable bonds is 4. The Labute approximate surface area is 90.9 Å². The molecule has 1 atom stereocenters. The second-order valence-corrected chi connectivity index (χ2v) is 5.08. The first kappa shape index (κ1) is 15.2. The summed E-state index contributed by atoms with van der Waals surface area (Å²) < 4.78 is 59.6. The van der Waals surface area contributed by atoms with Crippen molar-refractivity contribution in [3.8, 4) is 0 Å². The van der Waals surface area contributed by atoms with Crippen LogP contribution in [0.25, 0.3) is 0 Å². The lowest BCUT2D eigenvalue weighted by Crippen LogP contribution is -2.38. The molecule has 0 bridgehead atoms. The predicted octanol–water partition coefficient (Wildman–Crippen LogP) is 0.753. The van der Waals surface area contributed by atoms with Crippen LogP contribution in [-0.2, 0) is 19.1 Å². The minimum Gasteiger partial charge on any atom is -0.338 e. The van der Waals surface area contributed by atoms with Crippen LogP contribution in [0.5, 0.6) is 0 Å². The lowest BCUT2D eigenvalue weighted by molar-refractivity contribution is -0.138. The van der Waals surface area contributed by atoms with Crippen molar-refractivity contribution in [3.05, 3.63) is 0 Å². The number of alkyl halides is 3. The van der Waals surface area contributed by atoms with Crippen molar-refractivity contribution in [1.82, 2.24) is 0 Å². The molecule has 0 rings (SSSR count). The predicted molar refractivity (Wildman–Crippen MR) is 48.5 cm³/mol. The number of carbonyl (C=O) groups excluding carboxylic acids is 1. The minimum atomic E-state index is -5.91. The third-order valence-corrected chi connectivity index (χ3v) is 2.45. The molecular formula is C7H12F3NO4S. The summed E-state index contributed by atoms with van der Waals surface area (Å²) in [5, 5.41) is 0. The molecule has 0 aliphatic carbocycles. The van der Waals surface area contributed by atoms with Gasteiger partial charge in [-0.3, -0.25) is 0 Å². The van der Waals surface area contributed by atoms with Crippen molar-refractivity contribution in [1.29, 1.82) is 0 Å². The molecule has 0 aliphatic rings. The molecule has 0 spiro atoms. The fourth-order valence-electron chi connectivity index (χ4n) is 0.821. The van der Waals surface area contributed by atoms with Gasteiger partial charge < -0.3 is 9.92 Å². The van der Waals surface area contributed by atoms with E-state index in [2.05, 4.69) is 4.18 Å². The van der Waals surface area contributed by atoms with Gasteiger partial charge in [0.05, 0.1) is 0 Å². The Morgan fingerprint density at radius 3 is 2.12 bits per heavy atom. The molecule has 0 radical (unpaired) electrons. The van der Waals surface area contributed by atoms with E-state index in [0.29, 0.717) is 0 Å². The van der Waals surface area contributed by atoms with Crippen LogP contribution in [0.4, 0.5) is 13.2 Å². The summed E-state index contributed by atoms with van der Waals surface area (Å²) in [6.07, 6.45) is 0.0339. The molecule has 0 aromatic heterocycles. The number of hydrogen-bond acceptors (Lipinski definition) is 5. The third-order valence-electron chi connectivity index (χ3n) is 1.50. The number of halogens is 3. The van der Waals surface area contributed by atoms with E-state index in [0.717, 1.165) is 0 Å². The van der Waals surface area contributed by atoms with Crippen LogP contribution in [0.15, 0.2) is 0 Å². The highest BCUT2D eigenvalue weighted by atomic mass is 32.2. The summed E-state index contributed by atoms with van der Waals surface area (Å²) in [7, 11) is -5.91. The maximum Gasteiger partial charge on any atom is 0.534 e. The fraction of sp³-hybridized carbons (Fsp3) is 0.857. The second kappa shape index (κ2) is 5.00. The van der Waals surface area contributed by atoms with Gasteiger partial charge in [-0.15, -0.1) is 0 Å². The van der Waals surface area contributed by atoms with Gasteiger partial charge in [0.2, 0.25) is 0 Å². The molecule has 5 nitrogen and oxygen atoms in total. The average Bonchev–Trinajstić information content (AvgIpc) is 1.99. The Morgan fingerprint density at radius 1 is 1.38 bits per heavy atom. The molecule has 0 aliphatic heterocycles. The Kier molecular flexibility index (Phi) is 4.74. The standard InChI is InChI=1S/C7H12F3NO4S/c1-4(2)3-5(11)6(12)15-16(13,14)7(8,9)10/h4-5H,3,11H2,1-2H3/t5-/m0/s1. The van der Waals surface area contributed by atoms with E-state index in [1.54, 1.807) is 13.8 Å². The van der Waals surface area contributed by atoms with E-state index < -0.39 is 27.6 Å². The van der Waals surface area contributed by atoms with E-state index in [9.17, 15) is 26.4 Å². The molecule has 0 aromatic rings. The Bertz CT molecular complexity index is 349. The highest BCUT2D eigenvalue weighted by Crippen LogP contribution is 2.25. The summed E-state index contributed by atoms with van der Waals surface area (Å²) in [5.74, 6) is -1.68. The molecule has 96 valence electrons. The van der Waals surface area contributed by atoms with Gasteiger partial charge in [0.1, 0.15) is 6.04 Å². The molecule has 0 fully saturated rings. The second-order valence-electron chi connectivity index (χ2n) is 3.54. The van der Waals surface area contributed by atoms with Crippen molar-refractivity contribution >= 4 is 16.1 Å². The van der Waals surface area contributed by atoms with Crippen LogP contribution in [0.3, 0.4) is 0 Å². The molecule has 0 heterocycles. The zero-order valence-electron chi connectivity index (χ0n) is 8.61. The highest BCUT2D eigenvalue weighted by Gasteiger charge is 2.50. The monoisotopic (exact) mass is 263 g/mol. The zero-order chi connectivity index (χ0) is 13.1. The first-order valence-electron chi connectivity index (χ1n) is 4.27. The summed E-state index contributed by atoms with van der Waals surface area (Å²) in [6.45, 7) is 3.34. The Hall–Kier alpha value is -0.830.